The van der Waals surface area contributed by atoms with Crippen molar-refractivity contribution in [3.8, 4) is 10.4 Å². The van der Waals surface area contributed by atoms with Gasteiger partial charge in [0.05, 0.1) is 0 Å². The van der Waals surface area contributed by atoms with Gasteiger partial charge in [0.25, 0.3) is 0 Å². The number of hydrogen-bond donors (Lipinski definition) is 1. The highest BCUT2D eigenvalue weighted by Gasteiger charge is 2.11. The molecule has 0 aliphatic carbocycles. The number of rotatable bonds is 2. The average molecular weight is 267 g/mol. The van der Waals surface area contributed by atoms with Gasteiger partial charge in [-0.05, 0) is 29.0 Å². The zero-order chi connectivity index (χ0) is 13.4. The molecule has 2 aromatic carbocycles. The predicted molar refractivity (Wildman–Crippen MR) is 85.8 cm³/mol. The fourth-order valence-corrected chi connectivity index (χ4v) is 3.76. The molecule has 19 heavy (non-hydrogen) atoms. The van der Waals surface area contributed by atoms with E-state index in [-0.39, 0.29) is 0 Å². The summed E-state index contributed by atoms with van der Waals surface area (Å²) in [5.41, 5.74) is 9.48. The van der Waals surface area contributed by atoms with E-state index in [9.17, 15) is 0 Å². The summed E-state index contributed by atoms with van der Waals surface area (Å²) in [6, 6.07) is 16.9. The lowest BCUT2D eigenvalue weighted by atomic mass is 10.0. The summed E-state index contributed by atoms with van der Waals surface area (Å²) in [6.45, 7) is 4.48. The summed E-state index contributed by atoms with van der Waals surface area (Å²) < 4.78 is 1.38. The van der Waals surface area contributed by atoms with Crippen molar-refractivity contribution < 1.29 is 0 Å². The quantitative estimate of drug-likeness (QED) is 0.628. The number of fused-ring (bicyclic) bond motifs is 1. The third kappa shape index (κ3) is 2.13. The van der Waals surface area contributed by atoms with E-state index in [2.05, 4.69) is 44.2 Å². The van der Waals surface area contributed by atoms with Crippen LogP contribution in [0.25, 0.3) is 20.5 Å². The molecule has 0 radical (unpaired) electrons. The number of nitrogen functional groups attached to an aromatic ring is 1. The van der Waals surface area contributed by atoms with Crippen LogP contribution in [-0.4, -0.2) is 0 Å². The molecule has 1 nitrogen and oxygen atoms in total. The van der Waals surface area contributed by atoms with Gasteiger partial charge in [-0.1, -0.05) is 50.2 Å². The van der Waals surface area contributed by atoms with E-state index in [4.69, 9.17) is 5.73 Å². The molecule has 1 aromatic heterocycles. The van der Waals surface area contributed by atoms with Crippen LogP contribution in [0.15, 0.2) is 48.5 Å². The van der Waals surface area contributed by atoms with Crippen molar-refractivity contribution in [1.82, 2.24) is 0 Å². The van der Waals surface area contributed by atoms with E-state index in [0.29, 0.717) is 5.92 Å². The molecule has 0 saturated heterocycles. The fraction of sp³-hybridized carbons (Fsp3) is 0.176. The van der Waals surface area contributed by atoms with Crippen LogP contribution in [0.3, 0.4) is 0 Å². The number of hydrogen-bond acceptors (Lipinski definition) is 2. The van der Waals surface area contributed by atoms with Gasteiger partial charge in [0, 0.05) is 20.8 Å². The Balaban J connectivity index is 2.23. The zero-order valence-corrected chi connectivity index (χ0v) is 12.0. The molecule has 0 amide bonds. The van der Waals surface area contributed by atoms with Crippen LogP contribution in [0.5, 0.6) is 0 Å². The largest absolute Gasteiger partial charge is 0.398 e. The highest BCUT2D eigenvalue weighted by Crippen LogP contribution is 2.39. The number of para-hydroxylation sites is 1. The summed E-state index contributed by atoms with van der Waals surface area (Å²) >= 11 is 1.84. The maximum absolute atomic E-state index is 6.08. The van der Waals surface area contributed by atoms with Crippen molar-refractivity contribution in [2.75, 3.05) is 5.73 Å². The summed E-state index contributed by atoms with van der Waals surface area (Å²) in [6.07, 6.45) is 0. The second kappa shape index (κ2) is 4.71. The summed E-state index contributed by atoms with van der Waals surface area (Å²) in [5, 5.41) is 1.31. The van der Waals surface area contributed by atoms with E-state index in [1.165, 1.54) is 20.5 Å². The Hall–Kier alpha value is -1.80. The molecule has 3 aromatic rings. The monoisotopic (exact) mass is 267 g/mol. The van der Waals surface area contributed by atoms with Crippen LogP contribution < -0.4 is 5.73 Å². The van der Waals surface area contributed by atoms with E-state index in [1.807, 2.05) is 29.5 Å². The van der Waals surface area contributed by atoms with Crippen LogP contribution in [0, 0.1) is 0 Å². The minimum Gasteiger partial charge on any atom is -0.398 e. The Labute approximate surface area is 117 Å². The number of thiophene rings is 1. The molecule has 0 unspecified atom stereocenters. The third-order valence-electron chi connectivity index (χ3n) is 3.42. The molecule has 0 spiro atoms. The van der Waals surface area contributed by atoms with E-state index >= 15 is 0 Å². The molecule has 96 valence electrons. The fourth-order valence-electron chi connectivity index (χ4n) is 2.39. The lowest BCUT2D eigenvalue weighted by Crippen LogP contribution is -1.86. The highest BCUT2D eigenvalue weighted by molar-refractivity contribution is 7.22. The standard InChI is InChI=1S/C17H17NS/c1-11(2)13-8-5-6-12-10-16(19-17(12)13)14-7-3-4-9-15(14)18/h3-11H,18H2,1-2H3. The second-order valence-electron chi connectivity index (χ2n) is 5.12. The van der Waals surface area contributed by atoms with Crippen LogP contribution in [0.1, 0.15) is 25.3 Å². The molecule has 0 bridgehead atoms. The van der Waals surface area contributed by atoms with Crippen molar-refractivity contribution in [3.63, 3.8) is 0 Å². The molecule has 2 heteroatoms. The number of anilines is 1. The van der Waals surface area contributed by atoms with Gasteiger partial charge in [-0.15, -0.1) is 11.3 Å². The molecule has 0 atom stereocenters. The lowest BCUT2D eigenvalue weighted by Gasteiger charge is -2.05. The van der Waals surface area contributed by atoms with Crippen LogP contribution >= 0.6 is 11.3 Å². The van der Waals surface area contributed by atoms with Crippen LogP contribution in [-0.2, 0) is 0 Å². The van der Waals surface area contributed by atoms with Crippen molar-refractivity contribution in [2.45, 2.75) is 19.8 Å². The molecule has 0 aliphatic heterocycles. The van der Waals surface area contributed by atoms with E-state index < -0.39 is 0 Å². The maximum Gasteiger partial charge on any atom is 0.0401 e. The SMILES string of the molecule is CC(C)c1cccc2cc(-c3ccccc3N)sc12. The van der Waals surface area contributed by atoms with Crippen molar-refractivity contribution in [2.24, 2.45) is 0 Å². The first-order valence-corrected chi connectivity index (χ1v) is 7.36. The molecular formula is C17H17NS. The second-order valence-corrected chi connectivity index (χ2v) is 6.17. The molecule has 0 fully saturated rings. The van der Waals surface area contributed by atoms with Crippen molar-refractivity contribution in [3.05, 3.63) is 54.1 Å². The molecule has 3 rings (SSSR count). The first-order valence-electron chi connectivity index (χ1n) is 6.54. The Bertz CT molecular complexity index is 725. The van der Waals surface area contributed by atoms with Crippen LogP contribution in [0.4, 0.5) is 5.69 Å². The summed E-state index contributed by atoms with van der Waals surface area (Å²) in [7, 11) is 0. The number of benzene rings is 2. The molecular weight excluding hydrogens is 250 g/mol. The average Bonchev–Trinajstić information content (AvgIpc) is 2.82. The first-order chi connectivity index (χ1) is 9.16. The molecule has 0 aliphatic rings. The minimum absolute atomic E-state index is 0.545. The molecule has 0 saturated carbocycles. The predicted octanol–water partition coefficient (Wildman–Crippen LogP) is 5.27. The Morgan fingerprint density at radius 2 is 1.79 bits per heavy atom. The normalized spacial score (nSPS) is 11.3. The van der Waals surface area contributed by atoms with Gasteiger partial charge in [-0.25, -0.2) is 0 Å². The third-order valence-corrected chi connectivity index (χ3v) is 4.66. The Kier molecular flexibility index (Phi) is 3.03. The van der Waals surface area contributed by atoms with Gasteiger partial charge in [-0.2, -0.15) is 0 Å². The van der Waals surface area contributed by atoms with Gasteiger partial charge in [0.15, 0.2) is 0 Å². The maximum atomic E-state index is 6.08. The van der Waals surface area contributed by atoms with Gasteiger partial charge in [0.2, 0.25) is 0 Å². The van der Waals surface area contributed by atoms with Gasteiger partial charge < -0.3 is 5.73 Å². The van der Waals surface area contributed by atoms with Gasteiger partial charge in [0.1, 0.15) is 0 Å². The Morgan fingerprint density at radius 1 is 1.00 bits per heavy atom. The zero-order valence-electron chi connectivity index (χ0n) is 11.2. The summed E-state index contributed by atoms with van der Waals surface area (Å²) in [5.74, 6) is 0.545. The smallest absolute Gasteiger partial charge is 0.0401 e. The highest BCUT2D eigenvalue weighted by atomic mass is 32.1. The lowest BCUT2D eigenvalue weighted by molar-refractivity contribution is 0.878. The molecule has 1 heterocycles. The van der Waals surface area contributed by atoms with Crippen molar-refractivity contribution in [1.29, 1.82) is 0 Å². The summed E-state index contributed by atoms with van der Waals surface area (Å²) in [4.78, 5) is 1.25. The Morgan fingerprint density at radius 3 is 2.53 bits per heavy atom. The van der Waals surface area contributed by atoms with Crippen LogP contribution in [0.2, 0.25) is 0 Å². The van der Waals surface area contributed by atoms with E-state index in [1.54, 1.807) is 0 Å². The molecule has 2 N–H and O–H groups in total. The topological polar surface area (TPSA) is 26.0 Å². The first kappa shape index (κ1) is 12.2. The van der Waals surface area contributed by atoms with Gasteiger partial charge >= 0.3 is 0 Å². The van der Waals surface area contributed by atoms with Gasteiger partial charge in [-0.3, -0.25) is 0 Å². The minimum atomic E-state index is 0.545. The van der Waals surface area contributed by atoms with Crippen molar-refractivity contribution >= 4 is 27.1 Å². The number of nitrogens with two attached hydrogens (primary N) is 1. The van der Waals surface area contributed by atoms with E-state index in [0.717, 1.165) is 11.3 Å².